The quantitative estimate of drug-likeness (QED) is 0.698. The molecule has 2 aromatic rings. The minimum Gasteiger partial charge on any atom is -0.301 e. The fourth-order valence-electron chi connectivity index (χ4n) is 2.11. The van der Waals surface area contributed by atoms with Crippen molar-refractivity contribution < 1.29 is 8.78 Å². The summed E-state index contributed by atoms with van der Waals surface area (Å²) in [7, 11) is 0. The van der Waals surface area contributed by atoms with Gasteiger partial charge in [-0.15, -0.1) is 0 Å². The molecular formula is C14H14F2N2OS. The average Bonchev–Trinajstić information content (AvgIpc) is 2.41. The molecule has 1 atom stereocenters. The summed E-state index contributed by atoms with van der Waals surface area (Å²) in [6.07, 6.45) is 1.77. The minimum atomic E-state index is -0.635. The van der Waals surface area contributed by atoms with E-state index in [-0.39, 0.29) is 11.1 Å². The molecular weight excluding hydrogens is 282 g/mol. The molecule has 0 aliphatic rings. The van der Waals surface area contributed by atoms with Crippen LogP contribution in [-0.4, -0.2) is 16.2 Å². The monoisotopic (exact) mass is 296 g/mol. The van der Waals surface area contributed by atoms with E-state index in [9.17, 15) is 13.6 Å². The minimum absolute atomic E-state index is 0.0687. The van der Waals surface area contributed by atoms with Crippen molar-refractivity contribution in [3.05, 3.63) is 57.0 Å². The average molecular weight is 296 g/mol. The van der Waals surface area contributed by atoms with E-state index in [1.54, 1.807) is 20.1 Å². The lowest BCUT2D eigenvalue weighted by atomic mass is 9.94. The fourth-order valence-corrected chi connectivity index (χ4v) is 2.49. The van der Waals surface area contributed by atoms with Crippen LogP contribution in [0.1, 0.15) is 29.7 Å². The van der Waals surface area contributed by atoms with Crippen molar-refractivity contribution in [1.29, 1.82) is 0 Å². The van der Waals surface area contributed by atoms with E-state index < -0.39 is 17.6 Å². The topological polar surface area (TPSA) is 45.8 Å². The molecule has 0 saturated heterocycles. The highest BCUT2D eigenvalue weighted by atomic mass is 32.2. The van der Waals surface area contributed by atoms with Crippen molar-refractivity contribution in [2.75, 3.05) is 6.26 Å². The van der Waals surface area contributed by atoms with Crippen molar-refractivity contribution in [2.45, 2.75) is 24.9 Å². The highest BCUT2D eigenvalue weighted by molar-refractivity contribution is 7.98. The molecule has 106 valence electrons. The third kappa shape index (κ3) is 2.60. The molecule has 0 spiro atoms. The van der Waals surface area contributed by atoms with E-state index in [1.165, 1.54) is 30.0 Å². The van der Waals surface area contributed by atoms with Crippen LogP contribution in [0.4, 0.5) is 8.78 Å². The normalized spacial score (nSPS) is 12.4. The van der Waals surface area contributed by atoms with Crippen LogP contribution in [0.15, 0.2) is 28.2 Å². The number of aromatic amines is 1. The van der Waals surface area contributed by atoms with Gasteiger partial charge in [0.05, 0.1) is 5.69 Å². The van der Waals surface area contributed by atoms with Gasteiger partial charge >= 0.3 is 0 Å². The smallest absolute Gasteiger partial charge is 0.254 e. The van der Waals surface area contributed by atoms with Gasteiger partial charge in [0, 0.05) is 17.0 Å². The van der Waals surface area contributed by atoms with Crippen molar-refractivity contribution >= 4 is 11.8 Å². The third-order valence-electron chi connectivity index (χ3n) is 3.20. The predicted octanol–water partition coefficient (Wildman–Crippen LogP) is 3.23. The van der Waals surface area contributed by atoms with E-state index in [4.69, 9.17) is 0 Å². The first kappa shape index (κ1) is 14.7. The van der Waals surface area contributed by atoms with Crippen LogP contribution in [0.3, 0.4) is 0 Å². The van der Waals surface area contributed by atoms with Gasteiger partial charge in [0.15, 0.2) is 5.16 Å². The molecule has 1 aromatic heterocycles. The number of rotatable bonds is 3. The summed E-state index contributed by atoms with van der Waals surface area (Å²) in [4.78, 5) is 18.7. The highest BCUT2D eigenvalue weighted by Gasteiger charge is 2.22. The number of aromatic nitrogens is 2. The Morgan fingerprint density at radius 1 is 1.30 bits per heavy atom. The van der Waals surface area contributed by atoms with Crippen molar-refractivity contribution in [2.24, 2.45) is 0 Å². The molecule has 0 aliphatic carbocycles. The number of nitrogens with zero attached hydrogens (tertiary/aromatic N) is 1. The Balaban J connectivity index is 2.62. The van der Waals surface area contributed by atoms with Crippen LogP contribution in [0.2, 0.25) is 0 Å². The highest BCUT2D eigenvalue weighted by Crippen LogP contribution is 2.29. The van der Waals surface area contributed by atoms with Gasteiger partial charge in [0.25, 0.3) is 5.56 Å². The molecule has 3 nitrogen and oxygen atoms in total. The Morgan fingerprint density at radius 3 is 2.45 bits per heavy atom. The first-order valence-corrected chi connectivity index (χ1v) is 7.27. The Hall–Kier alpha value is -1.69. The van der Waals surface area contributed by atoms with E-state index in [1.807, 2.05) is 0 Å². The molecule has 6 heteroatoms. The van der Waals surface area contributed by atoms with Crippen LogP contribution in [-0.2, 0) is 0 Å². The summed E-state index contributed by atoms with van der Waals surface area (Å²) < 4.78 is 27.7. The van der Waals surface area contributed by atoms with Crippen LogP contribution in [0, 0.1) is 18.6 Å². The van der Waals surface area contributed by atoms with Gasteiger partial charge < -0.3 is 4.98 Å². The molecule has 1 heterocycles. The number of hydrogen-bond acceptors (Lipinski definition) is 3. The van der Waals surface area contributed by atoms with Gasteiger partial charge in [0.2, 0.25) is 0 Å². The van der Waals surface area contributed by atoms with Crippen molar-refractivity contribution in [3.63, 3.8) is 0 Å². The first-order chi connectivity index (χ1) is 9.45. The number of nitrogens with one attached hydrogen (secondary N) is 1. The van der Waals surface area contributed by atoms with Crippen LogP contribution >= 0.6 is 11.8 Å². The maximum absolute atomic E-state index is 13.8. The maximum Gasteiger partial charge on any atom is 0.254 e. The molecule has 2 rings (SSSR count). The molecule has 20 heavy (non-hydrogen) atoms. The summed E-state index contributed by atoms with van der Waals surface area (Å²) in [5, 5.41) is 0.430. The number of thioether (sulfide) groups is 1. The van der Waals surface area contributed by atoms with E-state index in [0.29, 0.717) is 16.4 Å². The molecule has 0 amide bonds. The summed E-state index contributed by atoms with van der Waals surface area (Å²) in [5.41, 5.74) is 0.406. The standard InChI is InChI=1S/C14H14F2N2OS/c1-7(11-9(15)5-4-6-10(11)16)12-8(2)13(19)18-14(17-12)20-3/h4-7H,1-3H3,(H,17,18,19)/t7-/m0/s1. The molecule has 1 N–H and O–H groups in total. The zero-order chi connectivity index (χ0) is 14.9. The first-order valence-electron chi connectivity index (χ1n) is 6.04. The molecule has 0 saturated carbocycles. The Bertz CT molecular complexity index is 680. The summed E-state index contributed by atoms with van der Waals surface area (Å²) in [5.74, 6) is -1.90. The third-order valence-corrected chi connectivity index (χ3v) is 3.78. The summed E-state index contributed by atoms with van der Waals surface area (Å²) in [6, 6.07) is 3.71. The largest absolute Gasteiger partial charge is 0.301 e. The Morgan fingerprint density at radius 2 is 1.90 bits per heavy atom. The van der Waals surface area contributed by atoms with Gasteiger partial charge in [-0.3, -0.25) is 4.79 Å². The number of hydrogen-bond donors (Lipinski definition) is 1. The van der Waals surface area contributed by atoms with Crippen molar-refractivity contribution in [3.8, 4) is 0 Å². The Kier molecular flexibility index (Phi) is 4.23. The van der Waals surface area contributed by atoms with Gasteiger partial charge in [-0.1, -0.05) is 24.8 Å². The maximum atomic E-state index is 13.8. The number of halogens is 2. The van der Waals surface area contributed by atoms with Crippen LogP contribution in [0.5, 0.6) is 0 Å². The van der Waals surface area contributed by atoms with Gasteiger partial charge in [-0.2, -0.15) is 0 Å². The Labute approximate surface area is 119 Å². The molecule has 0 unspecified atom stereocenters. The van der Waals surface area contributed by atoms with E-state index in [0.717, 1.165) is 0 Å². The summed E-state index contributed by atoms with van der Waals surface area (Å²) in [6.45, 7) is 3.24. The molecule has 0 radical (unpaired) electrons. The van der Waals surface area contributed by atoms with Crippen molar-refractivity contribution in [1.82, 2.24) is 9.97 Å². The van der Waals surface area contributed by atoms with Gasteiger partial charge in [-0.05, 0) is 25.3 Å². The fraction of sp³-hybridized carbons (Fsp3) is 0.286. The second kappa shape index (κ2) is 5.75. The van der Waals surface area contributed by atoms with Crippen LogP contribution < -0.4 is 5.56 Å². The SMILES string of the molecule is CSc1nc([C@@H](C)c2c(F)cccc2F)c(C)c(=O)[nH]1. The second-order valence-corrected chi connectivity index (χ2v) is 5.24. The second-order valence-electron chi connectivity index (χ2n) is 4.44. The van der Waals surface area contributed by atoms with Gasteiger partial charge in [-0.25, -0.2) is 13.8 Å². The van der Waals surface area contributed by atoms with E-state index >= 15 is 0 Å². The lowest BCUT2D eigenvalue weighted by Gasteiger charge is -2.15. The zero-order valence-electron chi connectivity index (χ0n) is 11.3. The number of H-pyrrole nitrogens is 1. The molecule has 0 fully saturated rings. The lowest BCUT2D eigenvalue weighted by Crippen LogP contribution is -2.18. The van der Waals surface area contributed by atoms with E-state index in [2.05, 4.69) is 9.97 Å². The van der Waals surface area contributed by atoms with Crippen LogP contribution in [0.25, 0.3) is 0 Å². The number of benzene rings is 1. The van der Waals surface area contributed by atoms with Gasteiger partial charge in [0.1, 0.15) is 11.6 Å². The molecule has 0 bridgehead atoms. The lowest BCUT2D eigenvalue weighted by molar-refractivity contribution is 0.543. The summed E-state index contributed by atoms with van der Waals surface area (Å²) >= 11 is 1.27. The predicted molar refractivity (Wildman–Crippen MR) is 75.3 cm³/mol. The zero-order valence-corrected chi connectivity index (χ0v) is 12.1. The molecule has 0 aliphatic heterocycles. The molecule has 1 aromatic carbocycles.